The topological polar surface area (TPSA) is 85.2 Å². The molecule has 1 saturated heterocycles. The number of carbonyl (C=O) groups excluding carboxylic acids is 1. The highest BCUT2D eigenvalue weighted by atomic mass is 16.7. The third-order valence-electron chi connectivity index (χ3n) is 4.44. The van der Waals surface area contributed by atoms with E-state index < -0.39 is 0 Å². The molecule has 2 N–H and O–H groups in total. The molecule has 2 aliphatic rings. The second-order valence-electron chi connectivity index (χ2n) is 6.08. The molecule has 138 valence electrons. The van der Waals surface area contributed by atoms with Crippen LogP contribution in [0.4, 0.5) is 10.5 Å². The monoisotopic (exact) mass is 359 g/mol. The predicted octanol–water partition coefficient (Wildman–Crippen LogP) is 2.20. The number of ether oxygens (including phenoxy) is 3. The minimum Gasteiger partial charge on any atom is -0.468 e. The lowest BCUT2D eigenvalue weighted by Crippen LogP contribution is -2.44. The van der Waals surface area contributed by atoms with Crippen LogP contribution in [0.3, 0.4) is 0 Å². The number of carbonyl (C=O) groups is 1. The number of anilines is 1. The number of rotatable bonds is 5. The molecule has 2 amide bonds. The largest absolute Gasteiger partial charge is 0.468 e. The Bertz CT molecular complexity index is 743. The predicted molar refractivity (Wildman–Crippen MR) is 93.4 cm³/mol. The fraction of sp³-hybridized carbons (Fsp3) is 0.389. The zero-order chi connectivity index (χ0) is 17.8. The minimum atomic E-state index is -0.284. The SMILES string of the molecule is O=C(NCC(c1ccco1)N1CCOCC1)Nc1ccc2c(c1)OCO2. The molecular weight excluding hydrogens is 338 g/mol. The van der Waals surface area contributed by atoms with Gasteiger partial charge in [0.05, 0.1) is 25.5 Å². The number of furan rings is 1. The first kappa shape index (κ1) is 16.7. The summed E-state index contributed by atoms with van der Waals surface area (Å²) in [5, 5.41) is 5.74. The number of urea groups is 1. The molecule has 1 atom stereocenters. The van der Waals surface area contributed by atoms with Crippen molar-refractivity contribution in [3.05, 3.63) is 42.4 Å². The Morgan fingerprint density at radius 2 is 2.00 bits per heavy atom. The summed E-state index contributed by atoms with van der Waals surface area (Å²) in [6, 6.07) is 8.77. The van der Waals surface area contributed by atoms with E-state index in [9.17, 15) is 4.79 Å². The van der Waals surface area contributed by atoms with Gasteiger partial charge < -0.3 is 29.3 Å². The van der Waals surface area contributed by atoms with Crippen LogP contribution in [0.15, 0.2) is 41.0 Å². The third-order valence-corrected chi connectivity index (χ3v) is 4.44. The number of nitrogens with zero attached hydrogens (tertiary/aromatic N) is 1. The molecule has 8 nitrogen and oxygen atoms in total. The van der Waals surface area contributed by atoms with E-state index in [1.807, 2.05) is 12.1 Å². The zero-order valence-corrected chi connectivity index (χ0v) is 14.3. The van der Waals surface area contributed by atoms with Gasteiger partial charge in [-0.2, -0.15) is 0 Å². The smallest absolute Gasteiger partial charge is 0.319 e. The van der Waals surface area contributed by atoms with Crippen molar-refractivity contribution in [2.24, 2.45) is 0 Å². The number of amides is 2. The Kier molecular flexibility index (Phi) is 4.94. The molecule has 26 heavy (non-hydrogen) atoms. The molecule has 2 aliphatic heterocycles. The van der Waals surface area contributed by atoms with Crippen LogP contribution in [0.25, 0.3) is 0 Å². The van der Waals surface area contributed by atoms with Gasteiger partial charge in [0.25, 0.3) is 0 Å². The summed E-state index contributed by atoms with van der Waals surface area (Å²) >= 11 is 0. The van der Waals surface area contributed by atoms with Crippen molar-refractivity contribution in [2.75, 3.05) is 45.0 Å². The average molecular weight is 359 g/mol. The van der Waals surface area contributed by atoms with Crippen molar-refractivity contribution in [2.45, 2.75) is 6.04 Å². The summed E-state index contributed by atoms with van der Waals surface area (Å²) < 4.78 is 21.6. The minimum absolute atomic E-state index is 0.0311. The molecule has 0 aliphatic carbocycles. The summed E-state index contributed by atoms with van der Waals surface area (Å²) in [4.78, 5) is 14.6. The highest BCUT2D eigenvalue weighted by molar-refractivity contribution is 5.89. The van der Waals surface area contributed by atoms with Gasteiger partial charge in [0.15, 0.2) is 11.5 Å². The molecule has 0 radical (unpaired) electrons. The first-order chi connectivity index (χ1) is 12.8. The summed E-state index contributed by atoms with van der Waals surface area (Å²) in [5.41, 5.74) is 0.646. The van der Waals surface area contributed by atoms with Gasteiger partial charge in [-0.25, -0.2) is 4.79 Å². The molecule has 1 fully saturated rings. The van der Waals surface area contributed by atoms with E-state index in [1.54, 1.807) is 24.5 Å². The van der Waals surface area contributed by atoms with Crippen LogP contribution < -0.4 is 20.1 Å². The maximum atomic E-state index is 12.3. The normalized spacial score (nSPS) is 17.7. The van der Waals surface area contributed by atoms with Gasteiger partial charge in [0.1, 0.15) is 5.76 Å². The molecule has 1 unspecified atom stereocenters. The standard InChI is InChI=1S/C18H21N3O5/c22-18(20-13-3-4-16-17(10-13)26-12-25-16)19-11-14(15-2-1-7-24-15)21-5-8-23-9-6-21/h1-4,7,10,14H,5-6,8-9,11-12H2,(H2,19,20,22). The molecule has 1 aromatic heterocycles. The van der Waals surface area contributed by atoms with E-state index in [0.29, 0.717) is 36.9 Å². The molecule has 2 aromatic rings. The Morgan fingerprint density at radius 1 is 1.15 bits per heavy atom. The summed E-state index contributed by atoms with van der Waals surface area (Å²) in [5.74, 6) is 2.14. The van der Waals surface area contributed by atoms with Gasteiger partial charge >= 0.3 is 6.03 Å². The number of nitrogens with one attached hydrogen (secondary N) is 2. The highest BCUT2D eigenvalue weighted by Gasteiger charge is 2.25. The van der Waals surface area contributed by atoms with E-state index in [4.69, 9.17) is 18.6 Å². The molecule has 1 aromatic carbocycles. The van der Waals surface area contributed by atoms with Gasteiger partial charge in [-0.15, -0.1) is 0 Å². The van der Waals surface area contributed by atoms with E-state index in [0.717, 1.165) is 18.8 Å². The number of morpholine rings is 1. The lowest BCUT2D eigenvalue weighted by molar-refractivity contribution is 0.0124. The first-order valence-electron chi connectivity index (χ1n) is 8.59. The van der Waals surface area contributed by atoms with Gasteiger partial charge in [-0.1, -0.05) is 0 Å². The van der Waals surface area contributed by atoms with Crippen LogP contribution in [0, 0.1) is 0 Å². The average Bonchev–Trinajstić information content (AvgIpc) is 3.34. The fourth-order valence-corrected chi connectivity index (χ4v) is 3.12. The highest BCUT2D eigenvalue weighted by Crippen LogP contribution is 2.34. The number of fused-ring (bicyclic) bond motifs is 1. The van der Waals surface area contributed by atoms with Crippen LogP contribution in [0.1, 0.15) is 11.8 Å². The summed E-state index contributed by atoms with van der Waals surface area (Å²) in [6.45, 7) is 3.61. The number of benzene rings is 1. The Balaban J connectivity index is 1.36. The lowest BCUT2D eigenvalue weighted by atomic mass is 10.1. The maximum absolute atomic E-state index is 12.3. The quantitative estimate of drug-likeness (QED) is 0.851. The number of hydrogen-bond acceptors (Lipinski definition) is 6. The van der Waals surface area contributed by atoms with Crippen molar-refractivity contribution in [3.63, 3.8) is 0 Å². The van der Waals surface area contributed by atoms with Gasteiger partial charge in [-0.3, -0.25) is 4.90 Å². The molecular formula is C18H21N3O5. The van der Waals surface area contributed by atoms with Crippen molar-refractivity contribution >= 4 is 11.7 Å². The van der Waals surface area contributed by atoms with Crippen molar-refractivity contribution in [1.82, 2.24) is 10.2 Å². The Labute approximate surface area is 151 Å². The van der Waals surface area contributed by atoms with E-state index >= 15 is 0 Å². The van der Waals surface area contributed by atoms with E-state index in [1.165, 1.54) is 0 Å². The molecule has 4 rings (SSSR count). The van der Waals surface area contributed by atoms with Gasteiger partial charge in [0.2, 0.25) is 6.79 Å². The van der Waals surface area contributed by atoms with Crippen LogP contribution in [0.2, 0.25) is 0 Å². The Hall–Kier alpha value is -2.71. The van der Waals surface area contributed by atoms with Crippen molar-refractivity contribution in [3.8, 4) is 11.5 Å². The second-order valence-corrected chi connectivity index (χ2v) is 6.08. The number of hydrogen-bond donors (Lipinski definition) is 2. The summed E-state index contributed by atoms with van der Waals surface area (Å²) in [6.07, 6.45) is 1.65. The molecule has 0 bridgehead atoms. The van der Waals surface area contributed by atoms with Crippen molar-refractivity contribution in [1.29, 1.82) is 0 Å². The molecule has 0 spiro atoms. The van der Waals surface area contributed by atoms with Crippen LogP contribution in [-0.2, 0) is 4.74 Å². The first-order valence-corrected chi connectivity index (χ1v) is 8.59. The van der Waals surface area contributed by atoms with Gasteiger partial charge in [0, 0.05) is 31.4 Å². The van der Waals surface area contributed by atoms with E-state index in [-0.39, 0.29) is 18.9 Å². The fourth-order valence-electron chi connectivity index (χ4n) is 3.12. The van der Waals surface area contributed by atoms with Crippen molar-refractivity contribution < 1.29 is 23.4 Å². The Morgan fingerprint density at radius 3 is 2.81 bits per heavy atom. The van der Waals surface area contributed by atoms with Gasteiger partial charge in [-0.05, 0) is 24.3 Å². The molecule has 3 heterocycles. The van der Waals surface area contributed by atoms with Crippen LogP contribution in [-0.4, -0.2) is 50.6 Å². The van der Waals surface area contributed by atoms with Crippen LogP contribution in [0.5, 0.6) is 11.5 Å². The van der Waals surface area contributed by atoms with Crippen LogP contribution >= 0.6 is 0 Å². The molecule has 8 heteroatoms. The second kappa shape index (κ2) is 7.67. The maximum Gasteiger partial charge on any atom is 0.319 e. The van der Waals surface area contributed by atoms with E-state index in [2.05, 4.69) is 15.5 Å². The summed E-state index contributed by atoms with van der Waals surface area (Å²) in [7, 11) is 0. The third kappa shape index (κ3) is 3.76. The molecule has 0 saturated carbocycles. The zero-order valence-electron chi connectivity index (χ0n) is 14.3. The lowest BCUT2D eigenvalue weighted by Gasteiger charge is -2.33.